The van der Waals surface area contributed by atoms with Gasteiger partial charge in [0.25, 0.3) is 0 Å². The molecule has 2 aromatic carbocycles. The van der Waals surface area contributed by atoms with Crippen LogP contribution in [0.1, 0.15) is 34.7 Å². The summed E-state index contributed by atoms with van der Waals surface area (Å²) < 4.78 is 0. The molecular formula is C18H22. The molecule has 0 saturated carbocycles. The molecule has 2 aromatic rings. The molecule has 0 atom stereocenters. The van der Waals surface area contributed by atoms with E-state index in [-0.39, 0.29) is 0 Å². The standard InChI is InChI=1S/C18H22/c1-6-17-15(5)9-12(2)10-18(17)16-8-7-13(3)14(4)11-16/h7-11H,6H2,1-5H3. The molecule has 0 aliphatic carbocycles. The van der Waals surface area contributed by atoms with Crippen molar-refractivity contribution in [1.29, 1.82) is 0 Å². The van der Waals surface area contributed by atoms with Crippen LogP contribution in [0.5, 0.6) is 0 Å². The average Bonchev–Trinajstić information content (AvgIpc) is 2.32. The van der Waals surface area contributed by atoms with Gasteiger partial charge in [-0.05, 0) is 67.5 Å². The van der Waals surface area contributed by atoms with Crippen molar-refractivity contribution in [3.63, 3.8) is 0 Å². The lowest BCUT2D eigenvalue weighted by atomic mass is 9.91. The Morgan fingerprint density at radius 3 is 2.11 bits per heavy atom. The molecule has 0 unspecified atom stereocenters. The fourth-order valence-corrected chi connectivity index (χ4v) is 2.63. The zero-order chi connectivity index (χ0) is 13.3. The molecule has 0 aliphatic rings. The van der Waals surface area contributed by atoms with Crippen LogP contribution >= 0.6 is 0 Å². The molecule has 0 spiro atoms. The number of benzene rings is 2. The largest absolute Gasteiger partial charge is 0.0613 e. The van der Waals surface area contributed by atoms with E-state index in [1.165, 1.54) is 38.9 Å². The van der Waals surface area contributed by atoms with Crippen LogP contribution in [0.3, 0.4) is 0 Å². The van der Waals surface area contributed by atoms with E-state index in [2.05, 4.69) is 65.0 Å². The van der Waals surface area contributed by atoms with E-state index in [4.69, 9.17) is 0 Å². The molecule has 0 aromatic heterocycles. The highest BCUT2D eigenvalue weighted by Crippen LogP contribution is 2.29. The maximum Gasteiger partial charge on any atom is -0.0147 e. The van der Waals surface area contributed by atoms with Gasteiger partial charge in [0.2, 0.25) is 0 Å². The average molecular weight is 238 g/mol. The summed E-state index contributed by atoms with van der Waals surface area (Å²) in [6.07, 6.45) is 1.09. The molecule has 0 bridgehead atoms. The Morgan fingerprint density at radius 2 is 1.50 bits per heavy atom. The fourth-order valence-electron chi connectivity index (χ4n) is 2.63. The first kappa shape index (κ1) is 12.9. The summed E-state index contributed by atoms with van der Waals surface area (Å²) in [5.41, 5.74) is 9.71. The minimum atomic E-state index is 1.09. The Balaban J connectivity index is 2.65. The molecule has 0 nitrogen and oxygen atoms in total. The van der Waals surface area contributed by atoms with Crippen molar-refractivity contribution in [2.45, 2.75) is 41.0 Å². The van der Waals surface area contributed by atoms with Crippen molar-refractivity contribution < 1.29 is 0 Å². The lowest BCUT2D eigenvalue weighted by molar-refractivity contribution is 1.10. The van der Waals surface area contributed by atoms with E-state index in [9.17, 15) is 0 Å². The summed E-state index contributed by atoms with van der Waals surface area (Å²) in [4.78, 5) is 0. The molecule has 94 valence electrons. The smallest absolute Gasteiger partial charge is 0.0147 e. The summed E-state index contributed by atoms with van der Waals surface area (Å²) in [6, 6.07) is 11.4. The molecule has 2 rings (SSSR count). The second kappa shape index (κ2) is 4.97. The molecule has 0 heteroatoms. The summed E-state index contributed by atoms with van der Waals surface area (Å²) in [5.74, 6) is 0. The predicted molar refractivity (Wildman–Crippen MR) is 80.2 cm³/mol. The third kappa shape index (κ3) is 2.33. The van der Waals surface area contributed by atoms with Gasteiger partial charge >= 0.3 is 0 Å². The Labute approximate surface area is 111 Å². The van der Waals surface area contributed by atoms with Crippen LogP contribution in [0.4, 0.5) is 0 Å². The Hall–Kier alpha value is -1.56. The van der Waals surface area contributed by atoms with Crippen LogP contribution in [0.15, 0.2) is 30.3 Å². The lowest BCUT2D eigenvalue weighted by Gasteiger charge is -2.14. The molecule has 0 radical (unpaired) electrons. The van der Waals surface area contributed by atoms with Crippen molar-refractivity contribution in [1.82, 2.24) is 0 Å². The van der Waals surface area contributed by atoms with Crippen LogP contribution in [-0.2, 0) is 6.42 Å². The van der Waals surface area contributed by atoms with Crippen LogP contribution in [-0.4, -0.2) is 0 Å². The van der Waals surface area contributed by atoms with E-state index in [0.717, 1.165) is 6.42 Å². The van der Waals surface area contributed by atoms with Crippen molar-refractivity contribution >= 4 is 0 Å². The first-order valence-corrected chi connectivity index (χ1v) is 6.70. The minimum Gasteiger partial charge on any atom is -0.0613 e. The van der Waals surface area contributed by atoms with Gasteiger partial charge in [0, 0.05) is 0 Å². The molecule has 0 N–H and O–H groups in total. The molecule has 0 amide bonds. The van der Waals surface area contributed by atoms with Gasteiger partial charge < -0.3 is 0 Å². The van der Waals surface area contributed by atoms with Gasteiger partial charge in [-0.25, -0.2) is 0 Å². The normalized spacial score (nSPS) is 10.7. The zero-order valence-electron chi connectivity index (χ0n) is 12.1. The molecule has 18 heavy (non-hydrogen) atoms. The second-order valence-electron chi connectivity index (χ2n) is 5.26. The van der Waals surface area contributed by atoms with Crippen molar-refractivity contribution in [2.75, 3.05) is 0 Å². The molecule has 0 heterocycles. The highest BCUT2D eigenvalue weighted by molar-refractivity contribution is 5.70. The van der Waals surface area contributed by atoms with E-state index < -0.39 is 0 Å². The number of hydrogen-bond acceptors (Lipinski definition) is 0. The third-order valence-corrected chi connectivity index (χ3v) is 3.79. The van der Waals surface area contributed by atoms with Crippen LogP contribution < -0.4 is 0 Å². The van der Waals surface area contributed by atoms with Gasteiger partial charge in [-0.15, -0.1) is 0 Å². The van der Waals surface area contributed by atoms with E-state index >= 15 is 0 Å². The lowest BCUT2D eigenvalue weighted by Crippen LogP contribution is -1.94. The molecule has 0 fully saturated rings. The predicted octanol–water partition coefficient (Wildman–Crippen LogP) is 5.15. The van der Waals surface area contributed by atoms with Crippen LogP contribution in [0.2, 0.25) is 0 Å². The Kier molecular flexibility index (Phi) is 3.56. The topological polar surface area (TPSA) is 0 Å². The molecule has 0 saturated heterocycles. The Morgan fingerprint density at radius 1 is 0.778 bits per heavy atom. The van der Waals surface area contributed by atoms with E-state index in [1.54, 1.807) is 0 Å². The fraction of sp³-hybridized carbons (Fsp3) is 0.333. The maximum atomic E-state index is 2.32. The number of hydrogen-bond donors (Lipinski definition) is 0. The zero-order valence-corrected chi connectivity index (χ0v) is 12.1. The SMILES string of the molecule is CCc1c(C)cc(C)cc1-c1ccc(C)c(C)c1. The summed E-state index contributed by atoms with van der Waals surface area (Å²) in [6.45, 7) is 11.0. The summed E-state index contributed by atoms with van der Waals surface area (Å²) in [5, 5.41) is 0. The highest BCUT2D eigenvalue weighted by atomic mass is 14.1. The van der Waals surface area contributed by atoms with Gasteiger partial charge in [-0.2, -0.15) is 0 Å². The van der Waals surface area contributed by atoms with Gasteiger partial charge in [0.15, 0.2) is 0 Å². The number of rotatable bonds is 2. The third-order valence-electron chi connectivity index (χ3n) is 3.79. The van der Waals surface area contributed by atoms with Gasteiger partial charge in [0.1, 0.15) is 0 Å². The molecule has 0 aliphatic heterocycles. The number of aryl methyl sites for hydroxylation is 4. The second-order valence-corrected chi connectivity index (χ2v) is 5.26. The van der Waals surface area contributed by atoms with Gasteiger partial charge in [0.05, 0.1) is 0 Å². The summed E-state index contributed by atoms with van der Waals surface area (Å²) >= 11 is 0. The quantitative estimate of drug-likeness (QED) is 0.678. The van der Waals surface area contributed by atoms with E-state index in [1.807, 2.05) is 0 Å². The first-order valence-electron chi connectivity index (χ1n) is 6.70. The van der Waals surface area contributed by atoms with Crippen LogP contribution in [0.25, 0.3) is 11.1 Å². The van der Waals surface area contributed by atoms with Crippen molar-refractivity contribution in [3.8, 4) is 11.1 Å². The van der Waals surface area contributed by atoms with Crippen LogP contribution in [0, 0.1) is 27.7 Å². The van der Waals surface area contributed by atoms with Crippen molar-refractivity contribution in [2.24, 2.45) is 0 Å². The Bertz CT molecular complexity index is 577. The monoisotopic (exact) mass is 238 g/mol. The minimum absolute atomic E-state index is 1.09. The van der Waals surface area contributed by atoms with Crippen molar-refractivity contribution in [3.05, 3.63) is 58.1 Å². The maximum absolute atomic E-state index is 2.32. The van der Waals surface area contributed by atoms with Gasteiger partial charge in [-0.1, -0.05) is 42.8 Å². The first-order chi connectivity index (χ1) is 8.52. The molecular weight excluding hydrogens is 216 g/mol. The highest BCUT2D eigenvalue weighted by Gasteiger charge is 2.08. The van der Waals surface area contributed by atoms with Gasteiger partial charge in [-0.3, -0.25) is 0 Å². The summed E-state index contributed by atoms with van der Waals surface area (Å²) in [7, 11) is 0. The van der Waals surface area contributed by atoms with E-state index in [0.29, 0.717) is 0 Å².